The summed E-state index contributed by atoms with van der Waals surface area (Å²) in [5.41, 5.74) is 1.46. The minimum Gasteiger partial charge on any atom is -0.356 e. The summed E-state index contributed by atoms with van der Waals surface area (Å²) in [5.74, 6) is 2.01. The van der Waals surface area contributed by atoms with Crippen LogP contribution in [0.5, 0.6) is 0 Å². The molecule has 0 saturated carbocycles. The zero-order valence-corrected chi connectivity index (χ0v) is 15.1. The first-order valence-electron chi connectivity index (χ1n) is 9.17. The summed E-state index contributed by atoms with van der Waals surface area (Å²) in [6.45, 7) is 6.83. The molecule has 0 atom stereocenters. The Balaban J connectivity index is 1.37. The Morgan fingerprint density at radius 1 is 1.19 bits per heavy atom. The molecule has 0 amide bonds. The van der Waals surface area contributed by atoms with Crippen molar-refractivity contribution in [2.24, 2.45) is 5.92 Å². The number of benzene rings is 1. The molecule has 0 unspecified atom stereocenters. The fourth-order valence-corrected chi connectivity index (χ4v) is 3.58. The zero-order chi connectivity index (χ0) is 18.1. The summed E-state index contributed by atoms with van der Waals surface area (Å²) in [7, 11) is 0. The third-order valence-electron chi connectivity index (χ3n) is 4.90. The smallest absolute Gasteiger partial charge is 0.240 e. The van der Waals surface area contributed by atoms with Crippen LogP contribution in [0.3, 0.4) is 0 Å². The second kappa shape index (κ2) is 7.15. The minimum absolute atomic E-state index is 0.300. The van der Waals surface area contributed by atoms with Crippen LogP contribution in [0.25, 0.3) is 11.0 Å². The van der Waals surface area contributed by atoms with Gasteiger partial charge in [0.15, 0.2) is 11.4 Å². The maximum atomic E-state index is 13.3. The van der Waals surface area contributed by atoms with Gasteiger partial charge in [-0.3, -0.25) is 4.90 Å². The molecule has 3 aromatic rings. The van der Waals surface area contributed by atoms with Gasteiger partial charge < -0.3 is 9.05 Å². The lowest BCUT2D eigenvalue weighted by Crippen LogP contribution is -2.32. The first-order chi connectivity index (χ1) is 12.6. The summed E-state index contributed by atoms with van der Waals surface area (Å²) in [6, 6.07) is 4.62. The molecular formula is C19H23FN4O2. The minimum atomic E-state index is -0.300. The predicted octanol–water partition coefficient (Wildman–Crippen LogP) is 3.93. The van der Waals surface area contributed by atoms with E-state index in [9.17, 15) is 4.39 Å². The molecule has 26 heavy (non-hydrogen) atoms. The van der Waals surface area contributed by atoms with Crippen molar-refractivity contribution >= 4 is 11.0 Å². The van der Waals surface area contributed by atoms with Crippen molar-refractivity contribution in [2.75, 3.05) is 13.1 Å². The maximum Gasteiger partial charge on any atom is 0.240 e. The van der Waals surface area contributed by atoms with Gasteiger partial charge in [-0.05, 0) is 44.0 Å². The van der Waals surface area contributed by atoms with Gasteiger partial charge in [0.05, 0.1) is 12.2 Å². The van der Waals surface area contributed by atoms with Crippen molar-refractivity contribution in [2.45, 2.75) is 45.6 Å². The Bertz CT molecular complexity index is 881. The molecule has 3 heterocycles. The fourth-order valence-electron chi connectivity index (χ4n) is 3.58. The van der Waals surface area contributed by atoms with Crippen molar-refractivity contribution in [1.82, 2.24) is 20.2 Å². The second-order valence-corrected chi connectivity index (χ2v) is 7.46. The van der Waals surface area contributed by atoms with E-state index in [0.29, 0.717) is 29.9 Å². The van der Waals surface area contributed by atoms with Gasteiger partial charge in [0.25, 0.3) is 0 Å². The maximum absolute atomic E-state index is 13.3. The van der Waals surface area contributed by atoms with Crippen molar-refractivity contribution < 1.29 is 13.4 Å². The Morgan fingerprint density at radius 3 is 2.77 bits per heavy atom. The third-order valence-corrected chi connectivity index (χ3v) is 4.90. The van der Waals surface area contributed by atoms with Crippen LogP contribution in [0.2, 0.25) is 0 Å². The lowest BCUT2D eigenvalue weighted by molar-refractivity contribution is 0.179. The fraction of sp³-hybridized carbons (Fsp3) is 0.526. The highest BCUT2D eigenvalue weighted by Gasteiger charge is 2.26. The molecule has 0 spiro atoms. The van der Waals surface area contributed by atoms with E-state index in [1.54, 1.807) is 6.07 Å². The van der Waals surface area contributed by atoms with Gasteiger partial charge in [-0.15, -0.1) is 0 Å². The van der Waals surface area contributed by atoms with E-state index in [4.69, 9.17) is 9.05 Å². The van der Waals surface area contributed by atoms with Gasteiger partial charge in [0.2, 0.25) is 5.89 Å². The Kier molecular flexibility index (Phi) is 4.72. The number of hydrogen-bond acceptors (Lipinski definition) is 6. The normalized spacial score (nSPS) is 16.8. The average molecular weight is 358 g/mol. The molecule has 1 aromatic carbocycles. The number of fused-ring (bicyclic) bond motifs is 1. The molecule has 1 aliphatic rings. The number of nitrogens with zero attached hydrogens (tertiary/aromatic N) is 4. The van der Waals surface area contributed by atoms with Crippen LogP contribution in [0.1, 0.15) is 50.0 Å². The van der Waals surface area contributed by atoms with Crippen LogP contribution >= 0.6 is 0 Å². The number of aromatic nitrogens is 3. The molecule has 0 aliphatic carbocycles. The third kappa shape index (κ3) is 3.62. The summed E-state index contributed by atoms with van der Waals surface area (Å²) in [4.78, 5) is 6.80. The van der Waals surface area contributed by atoms with E-state index in [2.05, 4.69) is 34.0 Å². The zero-order valence-electron chi connectivity index (χ0n) is 15.1. The lowest BCUT2D eigenvalue weighted by atomic mass is 9.91. The van der Waals surface area contributed by atoms with Crippen LogP contribution in [-0.4, -0.2) is 33.3 Å². The molecular weight excluding hydrogens is 335 g/mol. The summed E-state index contributed by atoms with van der Waals surface area (Å²) in [6.07, 6.45) is 2.80. The summed E-state index contributed by atoms with van der Waals surface area (Å²) in [5, 5.41) is 9.17. The quantitative estimate of drug-likeness (QED) is 0.688. The average Bonchev–Trinajstić information content (AvgIpc) is 3.21. The number of rotatable bonds is 5. The van der Waals surface area contributed by atoms with Crippen molar-refractivity contribution in [3.8, 4) is 0 Å². The highest BCUT2D eigenvalue weighted by molar-refractivity contribution is 5.79. The standard InChI is InChI=1S/C19H23FN4O2/c1-12(2)9-17-21-18(26-22-17)11-24-7-5-13(6-8-24)19-15-4-3-14(20)10-16(15)25-23-19/h3-4,10,12-13H,5-9,11H2,1-2H3. The van der Waals surface area contributed by atoms with Gasteiger partial charge in [-0.2, -0.15) is 4.98 Å². The Morgan fingerprint density at radius 2 is 2.00 bits per heavy atom. The van der Waals surface area contributed by atoms with Gasteiger partial charge in [-0.1, -0.05) is 24.2 Å². The van der Waals surface area contributed by atoms with Crippen molar-refractivity contribution in [1.29, 1.82) is 0 Å². The highest BCUT2D eigenvalue weighted by atomic mass is 19.1. The number of piperidine rings is 1. The summed E-state index contributed by atoms with van der Waals surface area (Å²) >= 11 is 0. The number of likely N-dealkylation sites (tertiary alicyclic amines) is 1. The van der Waals surface area contributed by atoms with E-state index in [1.165, 1.54) is 12.1 Å². The molecule has 0 radical (unpaired) electrons. The molecule has 0 bridgehead atoms. The lowest BCUT2D eigenvalue weighted by Gasteiger charge is -2.29. The van der Waals surface area contributed by atoms with Crippen LogP contribution < -0.4 is 0 Å². The molecule has 7 heteroatoms. The monoisotopic (exact) mass is 358 g/mol. The van der Waals surface area contributed by atoms with E-state index in [-0.39, 0.29) is 5.82 Å². The topological polar surface area (TPSA) is 68.2 Å². The molecule has 0 N–H and O–H groups in total. The van der Waals surface area contributed by atoms with Crippen LogP contribution in [-0.2, 0) is 13.0 Å². The molecule has 4 rings (SSSR count). The highest BCUT2D eigenvalue weighted by Crippen LogP contribution is 2.33. The molecule has 6 nitrogen and oxygen atoms in total. The first kappa shape index (κ1) is 17.1. The van der Waals surface area contributed by atoms with Gasteiger partial charge in [0, 0.05) is 23.8 Å². The van der Waals surface area contributed by atoms with E-state index >= 15 is 0 Å². The van der Waals surface area contributed by atoms with Gasteiger partial charge >= 0.3 is 0 Å². The summed E-state index contributed by atoms with van der Waals surface area (Å²) < 4.78 is 24.0. The number of hydrogen-bond donors (Lipinski definition) is 0. The van der Waals surface area contributed by atoms with Crippen molar-refractivity contribution in [3.63, 3.8) is 0 Å². The SMILES string of the molecule is CC(C)Cc1noc(CN2CCC(c3noc4cc(F)ccc34)CC2)n1. The van der Waals surface area contributed by atoms with Gasteiger partial charge in [0.1, 0.15) is 5.82 Å². The van der Waals surface area contributed by atoms with Crippen LogP contribution in [0.4, 0.5) is 4.39 Å². The second-order valence-electron chi connectivity index (χ2n) is 7.46. The predicted molar refractivity (Wildman–Crippen MR) is 94.1 cm³/mol. The molecule has 1 saturated heterocycles. The Labute approximate surface area is 151 Å². The van der Waals surface area contributed by atoms with Crippen LogP contribution in [0, 0.1) is 11.7 Å². The molecule has 1 fully saturated rings. The molecule has 138 valence electrons. The molecule has 2 aromatic heterocycles. The van der Waals surface area contributed by atoms with E-state index < -0.39 is 0 Å². The Hall–Kier alpha value is -2.28. The number of halogens is 1. The van der Waals surface area contributed by atoms with Gasteiger partial charge in [-0.25, -0.2) is 4.39 Å². The first-order valence-corrected chi connectivity index (χ1v) is 9.17. The largest absolute Gasteiger partial charge is 0.356 e. The molecule has 1 aliphatic heterocycles. The van der Waals surface area contributed by atoms with Crippen LogP contribution in [0.15, 0.2) is 27.2 Å². The van der Waals surface area contributed by atoms with E-state index in [1.807, 2.05) is 0 Å². The van der Waals surface area contributed by atoms with E-state index in [0.717, 1.165) is 49.3 Å². The van der Waals surface area contributed by atoms with Crippen molar-refractivity contribution in [3.05, 3.63) is 41.4 Å².